The summed E-state index contributed by atoms with van der Waals surface area (Å²) >= 11 is 1.17. The second-order valence-electron chi connectivity index (χ2n) is 14.1. The minimum absolute atomic E-state index is 0.0207. The number of ketones is 1. The highest BCUT2D eigenvalue weighted by atomic mass is 32.1. The van der Waals surface area contributed by atoms with E-state index in [1.807, 2.05) is 0 Å². The number of carbonyl (C=O) groups excluding carboxylic acids is 4. The van der Waals surface area contributed by atoms with Gasteiger partial charge in [0.2, 0.25) is 0 Å². The number of carbonyl (C=O) groups is 4. The zero-order valence-corrected chi connectivity index (χ0v) is 28.6. The molecule has 3 fully saturated rings. The van der Waals surface area contributed by atoms with Gasteiger partial charge in [-0.1, -0.05) is 26.8 Å². The molecule has 2 heterocycles. The second-order valence-corrected chi connectivity index (χ2v) is 15.1. The van der Waals surface area contributed by atoms with Gasteiger partial charge >= 0.3 is 18.0 Å². The number of fused-ring (bicyclic) bond motifs is 5. The van der Waals surface area contributed by atoms with Crippen LogP contribution in [0, 0.1) is 16.7 Å². The molecule has 1 aliphatic heterocycles. The molecule has 2 bridgehead atoms. The van der Waals surface area contributed by atoms with E-state index in [1.54, 1.807) is 38.3 Å². The third-order valence-electron chi connectivity index (χ3n) is 11.0. The number of esters is 2. The molecule has 6 N–H and O–H groups in total. The van der Waals surface area contributed by atoms with E-state index in [2.05, 4.69) is 5.32 Å². The molecule has 266 valence electrons. The Morgan fingerprint density at radius 2 is 1.85 bits per heavy atom. The molecule has 0 spiro atoms. The zero-order valence-electron chi connectivity index (χ0n) is 27.8. The van der Waals surface area contributed by atoms with E-state index in [9.17, 15) is 44.7 Å². The minimum Gasteiger partial charge on any atom is -0.459 e. The molecule has 5 rings (SSSR count). The maximum atomic E-state index is 14.4. The van der Waals surface area contributed by atoms with Gasteiger partial charge in [0.05, 0.1) is 30.8 Å². The Hall–Kier alpha value is -2.92. The van der Waals surface area contributed by atoms with Crippen LogP contribution in [0.4, 0.5) is 4.79 Å². The fourth-order valence-electron chi connectivity index (χ4n) is 8.28. The first kappa shape index (κ1) is 36.4. The summed E-state index contributed by atoms with van der Waals surface area (Å²) in [4.78, 5) is 53.6. The Kier molecular flexibility index (Phi) is 9.66. The van der Waals surface area contributed by atoms with Crippen molar-refractivity contribution in [3.63, 3.8) is 0 Å². The molecule has 2 saturated carbocycles. The molecule has 4 aliphatic rings. The number of alkyl carbamates (subject to hydrolysis) is 1. The van der Waals surface area contributed by atoms with Gasteiger partial charge in [0.15, 0.2) is 11.9 Å². The number of Topliss-reactive ketones (excluding diaryl/α,β-unsaturated/α-hetero) is 1. The highest BCUT2D eigenvalue weighted by molar-refractivity contribution is 7.10. The molecule has 1 aromatic rings. The number of rotatable bonds is 8. The van der Waals surface area contributed by atoms with Crippen molar-refractivity contribution in [2.45, 2.75) is 115 Å². The van der Waals surface area contributed by atoms with Crippen LogP contribution in [-0.4, -0.2) is 110 Å². The topological polar surface area (TPSA) is 218 Å². The summed E-state index contributed by atoms with van der Waals surface area (Å²) in [5.41, 5.74) is -7.32. The largest absolute Gasteiger partial charge is 0.459 e. The molecule has 0 aromatic carbocycles. The van der Waals surface area contributed by atoms with Crippen LogP contribution in [0.5, 0.6) is 0 Å². The van der Waals surface area contributed by atoms with Crippen molar-refractivity contribution in [2.75, 3.05) is 13.2 Å². The highest BCUT2D eigenvalue weighted by Gasteiger charge is 2.76. The van der Waals surface area contributed by atoms with Crippen LogP contribution in [0.3, 0.4) is 0 Å². The van der Waals surface area contributed by atoms with Crippen molar-refractivity contribution in [1.82, 2.24) is 5.32 Å². The van der Waals surface area contributed by atoms with Crippen LogP contribution in [0.1, 0.15) is 71.7 Å². The predicted octanol–water partition coefficient (Wildman–Crippen LogP) is 1.07. The molecular weight excluding hydrogens is 650 g/mol. The summed E-state index contributed by atoms with van der Waals surface area (Å²) < 4.78 is 22.3. The molecule has 3 aliphatic carbocycles. The Balaban J connectivity index is 1.58. The van der Waals surface area contributed by atoms with Crippen molar-refractivity contribution in [3.05, 3.63) is 33.5 Å². The number of thiophene rings is 1. The standard InChI is InChI=1S/C33H45NO13S/c1-7-10-44-29(41)34-22(18-9-8-11-48-18)24(38)28(40)47-17-13-33(43)27(46-16(3)35)25-31(6,19(36)12-20-32(25,42)14-45-20)26(39)23(37)21(15(17)2)30(33,4)5/h8-9,11,17,19-20,22-25,27,36-38,42-43H,7,10,12-14H2,1-6H3,(H,34,41)/t17-,19-,20+,22-,23+,24+,25-,27-,31+,32-,33+/m0/s1. The molecule has 15 heteroatoms. The summed E-state index contributed by atoms with van der Waals surface area (Å²) in [7, 11) is 0. The summed E-state index contributed by atoms with van der Waals surface area (Å²) in [6.07, 6.45) is -10.2. The average Bonchev–Trinajstić information content (AvgIpc) is 3.55. The minimum atomic E-state index is -2.22. The smallest absolute Gasteiger partial charge is 0.407 e. The third-order valence-corrected chi connectivity index (χ3v) is 12.0. The summed E-state index contributed by atoms with van der Waals surface area (Å²) in [6, 6.07) is 2.01. The van der Waals surface area contributed by atoms with Crippen molar-refractivity contribution < 1.29 is 63.7 Å². The first-order valence-corrected chi connectivity index (χ1v) is 16.9. The number of aliphatic hydroxyl groups is 5. The zero-order chi connectivity index (χ0) is 35.6. The number of nitrogens with one attached hydrogen (secondary N) is 1. The van der Waals surface area contributed by atoms with Crippen LogP contribution < -0.4 is 5.32 Å². The Labute approximate surface area is 282 Å². The van der Waals surface area contributed by atoms with Gasteiger partial charge in [-0.3, -0.25) is 9.59 Å². The molecule has 11 atom stereocenters. The van der Waals surface area contributed by atoms with Crippen LogP contribution in [-0.2, 0) is 33.3 Å². The molecule has 1 amide bonds. The van der Waals surface area contributed by atoms with Crippen LogP contribution in [0.25, 0.3) is 0 Å². The maximum Gasteiger partial charge on any atom is 0.407 e. The lowest BCUT2D eigenvalue weighted by Crippen LogP contribution is -2.81. The fraction of sp³-hybridized carbons (Fsp3) is 0.697. The quantitative estimate of drug-likeness (QED) is 0.128. The summed E-state index contributed by atoms with van der Waals surface area (Å²) in [6.45, 7) is 8.71. The predicted molar refractivity (Wildman–Crippen MR) is 167 cm³/mol. The van der Waals surface area contributed by atoms with Crippen molar-refractivity contribution >= 4 is 35.2 Å². The molecule has 1 saturated heterocycles. The van der Waals surface area contributed by atoms with Crippen molar-refractivity contribution in [1.29, 1.82) is 0 Å². The van der Waals surface area contributed by atoms with Crippen molar-refractivity contribution in [3.8, 4) is 0 Å². The lowest BCUT2D eigenvalue weighted by molar-refractivity contribution is -0.345. The molecule has 14 nitrogen and oxygen atoms in total. The van der Waals surface area contributed by atoms with Gasteiger partial charge in [-0.2, -0.15) is 0 Å². The second kappa shape index (κ2) is 12.8. The molecule has 48 heavy (non-hydrogen) atoms. The number of hydrogen-bond acceptors (Lipinski definition) is 14. The molecule has 0 radical (unpaired) electrons. The molecular formula is C33H45NO13S. The van der Waals surface area contributed by atoms with E-state index in [4.69, 9.17) is 18.9 Å². The van der Waals surface area contributed by atoms with Crippen molar-refractivity contribution in [2.24, 2.45) is 16.7 Å². The number of amides is 1. The maximum absolute atomic E-state index is 14.4. The first-order valence-electron chi connectivity index (χ1n) is 16.1. The van der Waals surface area contributed by atoms with E-state index in [-0.39, 0.29) is 30.8 Å². The van der Waals surface area contributed by atoms with E-state index >= 15 is 0 Å². The van der Waals surface area contributed by atoms with Crippen LogP contribution in [0.2, 0.25) is 0 Å². The Bertz CT molecular complexity index is 1480. The van der Waals surface area contributed by atoms with E-state index < -0.39 is 101 Å². The first-order chi connectivity index (χ1) is 22.4. The number of ether oxygens (including phenoxy) is 4. The van der Waals surface area contributed by atoms with Crippen LogP contribution >= 0.6 is 11.3 Å². The number of hydrogen-bond donors (Lipinski definition) is 6. The third kappa shape index (κ3) is 5.47. The Morgan fingerprint density at radius 3 is 2.42 bits per heavy atom. The van der Waals surface area contributed by atoms with Gasteiger partial charge in [-0.15, -0.1) is 11.3 Å². The van der Waals surface area contributed by atoms with Gasteiger partial charge in [-0.25, -0.2) is 9.59 Å². The van der Waals surface area contributed by atoms with E-state index in [0.29, 0.717) is 11.3 Å². The van der Waals surface area contributed by atoms with Gasteiger partial charge in [0.25, 0.3) is 0 Å². The van der Waals surface area contributed by atoms with E-state index in [0.717, 1.165) is 6.92 Å². The van der Waals surface area contributed by atoms with Gasteiger partial charge in [-0.05, 0) is 42.9 Å². The average molecular weight is 696 g/mol. The molecule has 1 aromatic heterocycles. The summed E-state index contributed by atoms with van der Waals surface area (Å²) in [5.74, 6) is -4.37. The summed E-state index contributed by atoms with van der Waals surface area (Å²) in [5, 5.41) is 63.4. The van der Waals surface area contributed by atoms with Gasteiger partial charge in [0.1, 0.15) is 35.6 Å². The number of aliphatic hydroxyl groups excluding tert-OH is 3. The molecule has 0 unspecified atom stereocenters. The monoisotopic (exact) mass is 695 g/mol. The fourth-order valence-corrected chi connectivity index (χ4v) is 9.09. The Morgan fingerprint density at radius 1 is 1.17 bits per heavy atom. The van der Waals surface area contributed by atoms with E-state index in [1.165, 1.54) is 25.2 Å². The highest BCUT2D eigenvalue weighted by Crippen LogP contribution is 2.63. The van der Waals surface area contributed by atoms with Gasteiger partial charge in [0, 0.05) is 36.0 Å². The van der Waals surface area contributed by atoms with Gasteiger partial charge < -0.3 is 49.8 Å². The van der Waals surface area contributed by atoms with Crippen LogP contribution in [0.15, 0.2) is 28.7 Å². The lowest BCUT2D eigenvalue weighted by atomic mass is 9.45. The normalized spacial score (nSPS) is 38.2. The SMILES string of the molecule is CCCOC(=O)N[C@@H](c1cccs1)[C@@H](O)C(=O)O[C@H]1C[C@@]2(O)[C@@H](OC(C)=O)[C@@H]3[C@]4(O)CO[C@@H]4C[C@H](O)[C@@]3(C)C(=O)[C@H](O)C(=C1C)C2(C)C. The lowest BCUT2D eigenvalue weighted by Gasteiger charge is -2.66.